The Labute approximate surface area is 132 Å². The highest BCUT2D eigenvalue weighted by Crippen LogP contribution is 2.11. The molecule has 0 aliphatic carbocycles. The fourth-order valence-electron chi connectivity index (χ4n) is 2.94. The highest BCUT2D eigenvalue weighted by Gasteiger charge is 2.29. The molecular weight excluding hydrogens is 306 g/mol. The SMILES string of the molecule is CC(C)CN1CCO[C@@H](CNC(=O)N[C@@H]2CCS(=O)(=O)C2)C1. The van der Waals surface area contributed by atoms with Crippen molar-refractivity contribution in [3.05, 3.63) is 0 Å². The topological polar surface area (TPSA) is 87.7 Å². The molecular formula is C14H27N3O4S. The Hall–Kier alpha value is -0.860. The summed E-state index contributed by atoms with van der Waals surface area (Å²) in [7, 11) is -2.97. The van der Waals surface area contributed by atoms with Crippen LogP contribution in [0.1, 0.15) is 20.3 Å². The van der Waals surface area contributed by atoms with Crippen molar-refractivity contribution in [1.29, 1.82) is 0 Å². The number of sulfone groups is 1. The first-order valence-corrected chi connectivity index (χ1v) is 9.75. The number of nitrogens with one attached hydrogen (secondary N) is 2. The van der Waals surface area contributed by atoms with Crippen molar-refractivity contribution in [1.82, 2.24) is 15.5 Å². The summed E-state index contributed by atoms with van der Waals surface area (Å²) in [6, 6.07) is -0.582. The lowest BCUT2D eigenvalue weighted by Gasteiger charge is -2.34. The van der Waals surface area contributed by atoms with Crippen molar-refractivity contribution in [2.75, 3.05) is 44.3 Å². The van der Waals surface area contributed by atoms with Gasteiger partial charge in [0.2, 0.25) is 0 Å². The maximum Gasteiger partial charge on any atom is 0.315 e. The second kappa shape index (κ2) is 7.61. The van der Waals surface area contributed by atoms with E-state index >= 15 is 0 Å². The quantitative estimate of drug-likeness (QED) is 0.729. The monoisotopic (exact) mass is 333 g/mol. The number of carbonyl (C=O) groups is 1. The van der Waals surface area contributed by atoms with Gasteiger partial charge in [0.25, 0.3) is 0 Å². The van der Waals surface area contributed by atoms with Gasteiger partial charge in [-0.05, 0) is 12.3 Å². The predicted octanol–water partition coefficient (Wildman–Crippen LogP) is -0.170. The largest absolute Gasteiger partial charge is 0.374 e. The molecule has 8 heteroatoms. The van der Waals surface area contributed by atoms with Gasteiger partial charge in [-0.15, -0.1) is 0 Å². The second-order valence-electron chi connectivity index (χ2n) is 6.60. The van der Waals surface area contributed by atoms with Gasteiger partial charge in [0, 0.05) is 32.2 Å². The van der Waals surface area contributed by atoms with Crippen LogP contribution < -0.4 is 10.6 Å². The zero-order chi connectivity index (χ0) is 16.2. The van der Waals surface area contributed by atoms with Crippen molar-refractivity contribution in [2.24, 2.45) is 5.92 Å². The number of ether oxygens (including phenoxy) is 1. The number of rotatable bonds is 5. The van der Waals surface area contributed by atoms with E-state index in [-0.39, 0.29) is 29.7 Å². The minimum atomic E-state index is -2.97. The lowest BCUT2D eigenvalue weighted by atomic mass is 10.2. The van der Waals surface area contributed by atoms with Gasteiger partial charge < -0.3 is 15.4 Å². The molecule has 2 saturated heterocycles. The number of morpholine rings is 1. The van der Waals surface area contributed by atoms with Gasteiger partial charge in [0.1, 0.15) is 0 Å². The summed E-state index contributed by atoms with van der Waals surface area (Å²) < 4.78 is 28.4. The summed E-state index contributed by atoms with van der Waals surface area (Å²) in [6.45, 7) is 8.28. The Kier molecular flexibility index (Phi) is 6.05. The fourth-order valence-corrected chi connectivity index (χ4v) is 4.61. The summed E-state index contributed by atoms with van der Waals surface area (Å²) in [6.07, 6.45) is 0.489. The number of urea groups is 1. The van der Waals surface area contributed by atoms with Crippen LogP contribution in [0.25, 0.3) is 0 Å². The molecule has 2 heterocycles. The van der Waals surface area contributed by atoms with Crippen molar-refractivity contribution >= 4 is 15.9 Å². The van der Waals surface area contributed by atoms with Crippen molar-refractivity contribution in [3.63, 3.8) is 0 Å². The van der Waals surface area contributed by atoms with E-state index in [1.165, 1.54) is 0 Å². The predicted molar refractivity (Wildman–Crippen MR) is 84.6 cm³/mol. The summed E-state index contributed by atoms with van der Waals surface area (Å²) in [5.74, 6) is 0.815. The van der Waals surface area contributed by atoms with Crippen LogP contribution in [-0.2, 0) is 14.6 Å². The highest BCUT2D eigenvalue weighted by molar-refractivity contribution is 7.91. The van der Waals surface area contributed by atoms with Crippen LogP contribution in [-0.4, -0.2) is 75.8 Å². The third kappa shape index (κ3) is 5.73. The van der Waals surface area contributed by atoms with Crippen LogP contribution in [0, 0.1) is 5.92 Å². The van der Waals surface area contributed by atoms with Gasteiger partial charge in [-0.2, -0.15) is 0 Å². The van der Waals surface area contributed by atoms with Crippen LogP contribution in [0.4, 0.5) is 4.79 Å². The Bertz CT molecular complexity index is 480. The average molecular weight is 333 g/mol. The molecule has 0 aromatic rings. The number of carbonyl (C=O) groups excluding carboxylic acids is 1. The van der Waals surface area contributed by atoms with Gasteiger partial charge in [0.05, 0.1) is 24.2 Å². The Morgan fingerprint density at radius 1 is 1.41 bits per heavy atom. The number of nitrogens with zero attached hydrogens (tertiary/aromatic N) is 1. The van der Waals surface area contributed by atoms with E-state index in [9.17, 15) is 13.2 Å². The van der Waals surface area contributed by atoms with Crippen LogP contribution in [0.2, 0.25) is 0 Å². The Morgan fingerprint density at radius 2 is 2.18 bits per heavy atom. The molecule has 2 N–H and O–H groups in total. The molecule has 0 saturated carbocycles. The first kappa shape index (κ1) is 17.5. The maximum absolute atomic E-state index is 11.8. The summed E-state index contributed by atoms with van der Waals surface area (Å²) in [5, 5.41) is 5.50. The summed E-state index contributed by atoms with van der Waals surface area (Å²) in [5.41, 5.74) is 0. The average Bonchev–Trinajstić information content (AvgIpc) is 2.75. The molecule has 7 nitrogen and oxygen atoms in total. The molecule has 2 aliphatic rings. The van der Waals surface area contributed by atoms with Crippen LogP contribution in [0.5, 0.6) is 0 Å². The molecule has 0 radical (unpaired) electrons. The van der Waals surface area contributed by atoms with E-state index in [1.54, 1.807) is 0 Å². The van der Waals surface area contributed by atoms with E-state index in [0.29, 0.717) is 25.5 Å². The minimum absolute atomic E-state index is 0.00874. The molecule has 2 amide bonds. The van der Waals surface area contributed by atoms with Crippen LogP contribution in [0.3, 0.4) is 0 Å². The maximum atomic E-state index is 11.8. The zero-order valence-electron chi connectivity index (χ0n) is 13.4. The number of hydrogen-bond donors (Lipinski definition) is 2. The third-order valence-electron chi connectivity index (χ3n) is 3.90. The molecule has 2 aliphatic heterocycles. The molecule has 0 unspecified atom stereocenters. The first-order chi connectivity index (χ1) is 10.3. The Morgan fingerprint density at radius 3 is 2.82 bits per heavy atom. The standard InChI is InChI=1S/C14H27N3O4S/c1-11(2)8-17-4-5-21-13(9-17)7-15-14(18)16-12-3-6-22(19,20)10-12/h11-13H,3-10H2,1-2H3,(H2,15,16,18)/t12-,13+/m1/s1. The first-order valence-electron chi connectivity index (χ1n) is 7.93. The van der Waals surface area contributed by atoms with E-state index in [0.717, 1.165) is 19.6 Å². The smallest absolute Gasteiger partial charge is 0.315 e. The van der Waals surface area contributed by atoms with E-state index in [4.69, 9.17) is 4.74 Å². The molecule has 22 heavy (non-hydrogen) atoms. The van der Waals surface area contributed by atoms with Crippen LogP contribution >= 0.6 is 0 Å². The van der Waals surface area contributed by atoms with E-state index < -0.39 is 9.84 Å². The number of hydrogen-bond acceptors (Lipinski definition) is 5. The molecule has 0 aromatic carbocycles. The van der Waals surface area contributed by atoms with Gasteiger partial charge in [-0.3, -0.25) is 4.90 Å². The molecule has 2 rings (SSSR count). The molecule has 0 aromatic heterocycles. The van der Waals surface area contributed by atoms with Gasteiger partial charge in [0.15, 0.2) is 9.84 Å². The molecule has 0 bridgehead atoms. The lowest BCUT2D eigenvalue weighted by Crippen LogP contribution is -2.51. The van der Waals surface area contributed by atoms with E-state index in [1.807, 2.05) is 0 Å². The van der Waals surface area contributed by atoms with Crippen molar-refractivity contribution < 1.29 is 17.9 Å². The van der Waals surface area contributed by atoms with Crippen molar-refractivity contribution in [2.45, 2.75) is 32.4 Å². The van der Waals surface area contributed by atoms with Crippen LogP contribution in [0.15, 0.2) is 0 Å². The van der Waals surface area contributed by atoms with Crippen molar-refractivity contribution in [3.8, 4) is 0 Å². The van der Waals surface area contributed by atoms with E-state index in [2.05, 4.69) is 29.4 Å². The molecule has 0 spiro atoms. The Balaban J connectivity index is 1.67. The molecule has 2 fully saturated rings. The molecule has 2 atom stereocenters. The normalized spacial score (nSPS) is 28.7. The lowest BCUT2D eigenvalue weighted by molar-refractivity contribution is -0.0290. The minimum Gasteiger partial charge on any atom is -0.374 e. The summed E-state index contributed by atoms with van der Waals surface area (Å²) >= 11 is 0. The number of amides is 2. The second-order valence-corrected chi connectivity index (χ2v) is 8.83. The van der Waals surface area contributed by atoms with Gasteiger partial charge in [-0.25, -0.2) is 13.2 Å². The zero-order valence-corrected chi connectivity index (χ0v) is 14.2. The fraction of sp³-hybridized carbons (Fsp3) is 0.929. The molecule has 128 valence electrons. The highest BCUT2D eigenvalue weighted by atomic mass is 32.2. The van der Waals surface area contributed by atoms with Gasteiger partial charge >= 0.3 is 6.03 Å². The summed E-state index contributed by atoms with van der Waals surface area (Å²) in [4.78, 5) is 14.2. The van der Waals surface area contributed by atoms with Gasteiger partial charge in [-0.1, -0.05) is 13.8 Å². The third-order valence-corrected chi connectivity index (χ3v) is 5.67.